The maximum Gasteiger partial charge on any atom is 0.107 e. The van der Waals surface area contributed by atoms with Crippen LogP contribution in [0.1, 0.15) is 5.56 Å². The minimum Gasteiger partial charge on any atom is -0.382 e. The monoisotopic (exact) mass is 178 g/mol. The second-order valence-corrected chi connectivity index (χ2v) is 2.65. The first-order chi connectivity index (χ1) is 6.36. The Morgan fingerprint density at radius 2 is 2.31 bits per heavy atom. The number of nitrogens with one attached hydrogen (secondary N) is 1. The Morgan fingerprint density at radius 3 is 3.00 bits per heavy atom. The van der Waals surface area contributed by atoms with Crippen molar-refractivity contribution in [1.82, 2.24) is 0 Å². The van der Waals surface area contributed by atoms with Crippen LogP contribution in [0.15, 0.2) is 24.3 Å². The molecule has 1 rings (SSSR count). The molecule has 0 saturated carbocycles. The molecule has 0 heterocycles. The van der Waals surface area contributed by atoms with Gasteiger partial charge in [-0.05, 0) is 17.7 Å². The summed E-state index contributed by atoms with van der Waals surface area (Å²) < 4.78 is 11.8. The molecule has 0 aromatic heterocycles. The number of hydrogen-bond acceptors (Lipinski definition) is 2. The van der Waals surface area contributed by atoms with Gasteiger partial charge < -0.3 is 5.32 Å². The van der Waals surface area contributed by atoms with Gasteiger partial charge in [-0.3, -0.25) is 0 Å². The van der Waals surface area contributed by atoms with E-state index >= 15 is 0 Å². The van der Waals surface area contributed by atoms with Crippen molar-refractivity contribution in [2.75, 3.05) is 18.5 Å². The van der Waals surface area contributed by atoms with E-state index < -0.39 is 0 Å². The highest BCUT2D eigenvalue weighted by molar-refractivity contribution is 5.46. The highest BCUT2D eigenvalue weighted by Gasteiger charge is 1.94. The van der Waals surface area contributed by atoms with Crippen molar-refractivity contribution in [3.63, 3.8) is 0 Å². The van der Waals surface area contributed by atoms with Crippen molar-refractivity contribution in [1.29, 1.82) is 5.26 Å². The minimum absolute atomic E-state index is 0.315. The molecule has 0 saturated heterocycles. The van der Waals surface area contributed by atoms with E-state index in [9.17, 15) is 4.39 Å². The van der Waals surface area contributed by atoms with Crippen LogP contribution in [-0.4, -0.2) is 13.2 Å². The summed E-state index contributed by atoms with van der Waals surface area (Å²) in [6.45, 7) is -0.0709. The third-order valence-corrected chi connectivity index (χ3v) is 1.63. The van der Waals surface area contributed by atoms with Crippen LogP contribution in [0.2, 0.25) is 0 Å². The zero-order chi connectivity index (χ0) is 9.52. The lowest BCUT2D eigenvalue weighted by molar-refractivity contribution is 0.513. The molecule has 0 aliphatic rings. The van der Waals surface area contributed by atoms with Crippen LogP contribution in [0.5, 0.6) is 0 Å². The molecule has 68 valence electrons. The van der Waals surface area contributed by atoms with E-state index in [0.29, 0.717) is 13.0 Å². The summed E-state index contributed by atoms with van der Waals surface area (Å²) in [6, 6.07) is 9.52. The molecule has 1 N–H and O–H groups in total. The fourth-order valence-electron chi connectivity index (χ4n) is 1.07. The van der Waals surface area contributed by atoms with Gasteiger partial charge in [-0.15, -0.1) is 0 Å². The lowest BCUT2D eigenvalue weighted by Gasteiger charge is -2.04. The molecule has 0 amide bonds. The average molecular weight is 178 g/mol. The largest absolute Gasteiger partial charge is 0.382 e. The number of alkyl halides is 1. The normalized spacial score (nSPS) is 9.23. The number of halogens is 1. The molecule has 0 aliphatic carbocycles. The Kier molecular flexibility index (Phi) is 3.77. The van der Waals surface area contributed by atoms with Gasteiger partial charge in [-0.25, -0.2) is 4.39 Å². The second-order valence-electron chi connectivity index (χ2n) is 2.65. The van der Waals surface area contributed by atoms with Gasteiger partial charge in [-0.1, -0.05) is 12.1 Å². The molecular formula is C10H11FN2. The van der Waals surface area contributed by atoms with Gasteiger partial charge in [0, 0.05) is 12.2 Å². The summed E-state index contributed by atoms with van der Waals surface area (Å²) >= 11 is 0. The van der Waals surface area contributed by atoms with Gasteiger partial charge in [0.25, 0.3) is 0 Å². The van der Waals surface area contributed by atoms with E-state index in [-0.39, 0.29) is 6.67 Å². The standard InChI is InChI=1S/C10H11FN2/c11-5-7-13-10-3-1-2-9(8-10)4-6-12/h1-3,8,13H,4-5,7H2. The molecule has 0 spiro atoms. The molecule has 0 atom stereocenters. The van der Waals surface area contributed by atoms with E-state index in [0.717, 1.165) is 11.3 Å². The first kappa shape index (κ1) is 9.53. The van der Waals surface area contributed by atoms with Gasteiger partial charge >= 0.3 is 0 Å². The maximum atomic E-state index is 11.8. The van der Waals surface area contributed by atoms with E-state index in [4.69, 9.17) is 5.26 Å². The van der Waals surface area contributed by atoms with E-state index in [1.807, 2.05) is 24.3 Å². The van der Waals surface area contributed by atoms with Crippen molar-refractivity contribution < 1.29 is 4.39 Å². The molecule has 1 aromatic rings. The number of nitrogens with zero attached hydrogens (tertiary/aromatic N) is 1. The number of benzene rings is 1. The predicted octanol–water partition coefficient (Wildman–Crippen LogP) is 2.13. The molecule has 0 bridgehead atoms. The quantitative estimate of drug-likeness (QED) is 0.766. The molecule has 0 unspecified atom stereocenters. The lowest BCUT2D eigenvalue weighted by Crippen LogP contribution is -2.02. The summed E-state index contributed by atoms with van der Waals surface area (Å²) in [5.74, 6) is 0. The molecule has 0 fully saturated rings. The Hall–Kier alpha value is -1.56. The highest BCUT2D eigenvalue weighted by Crippen LogP contribution is 2.10. The molecule has 13 heavy (non-hydrogen) atoms. The average Bonchev–Trinajstić information content (AvgIpc) is 2.16. The first-order valence-corrected chi connectivity index (χ1v) is 4.12. The van der Waals surface area contributed by atoms with Gasteiger partial charge in [0.05, 0.1) is 12.5 Å². The minimum atomic E-state index is -0.386. The number of nitriles is 1. The van der Waals surface area contributed by atoms with Gasteiger partial charge in [-0.2, -0.15) is 5.26 Å². The van der Waals surface area contributed by atoms with E-state index in [1.165, 1.54) is 0 Å². The molecule has 0 aliphatic heterocycles. The topological polar surface area (TPSA) is 35.8 Å². The van der Waals surface area contributed by atoms with Crippen molar-refractivity contribution >= 4 is 5.69 Å². The van der Waals surface area contributed by atoms with Crippen molar-refractivity contribution in [2.24, 2.45) is 0 Å². The predicted molar refractivity (Wildman–Crippen MR) is 50.2 cm³/mol. The summed E-state index contributed by atoms with van der Waals surface area (Å²) in [5.41, 5.74) is 1.82. The van der Waals surface area contributed by atoms with E-state index in [1.54, 1.807) is 0 Å². The fourth-order valence-corrected chi connectivity index (χ4v) is 1.07. The fraction of sp³-hybridized carbons (Fsp3) is 0.300. The zero-order valence-electron chi connectivity index (χ0n) is 7.26. The second kappa shape index (κ2) is 5.15. The third kappa shape index (κ3) is 3.12. The lowest BCUT2D eigenvalue weighted by atomic mass is 10.1. The van der Waals surface area contributed by atoms with Crippen LogP contribution in [0.3, 0.4) is 0 Å². The van der Waals surface area contributed by atoms with Crippen LogP contribution < -0.4 is 5.32 Å². The van der Waals surface area contributed by atoms with Gasteiger partial charge in [0.1, 0.15) is 6.67 Å². The van der Waals surface area contributed by atoms with E-state index in [2.05, 4.69) is 11.4 Å². The smallest absolute Gasteiger partial charge is 0.107 e. The highest BCUT2D eigenvalue weighted by atomic mass is 19.1. The van der Waals surface area contributed by atoms with Crippen LogP contribution in [-0.2, 0) is 6.42 Å². The van der Waals surface area contributed by atoms with Crippen LogP contribution in [0, 0.1) is 11.3 Å². The number of anilines is 1. The molecule has 0 radical (unpaired) electrons. The van der Waals surface area contributed by atoms with Crippen molar-refractivity contribution in [2.45, 2.75) is 6.42 Å². The SMILES string of the molecule is N#CCc1cccc(NCCF)c1. The first-order valence-electron chi connectivity index (χ1n) is 4.12. The Labute approximate surface area is 77.0 Å². The molecule has 2 nitrogen and oxygen atoms in total. The summed E-state index contributed by atoms with van der Waals surface area (Å²) in [4.78, 5) is 0. The summed E-state index contributed by atoms with van der Waals surface area (Å²) in [5, 5.41) is 11.4. The van der Waals surface area contributed by atoms with Gasteiger partial charge in [0.2, 0.25) is 0 Å². The summed E-state index contributed by atoms with van der Waals surface area (Å²) in [7, 11) is 0. The summed E-state index contributed by atoms with van der Waals surface area (Å²) in [6.07, 6.45) is 0.394. The van der Waals surface area contributed by atoms with Crippen LogP contribution in [0.4, 0.5) is 10.1 Å². The van der Waals surface area contributed by atoms with Crippen molar-refractivity contribution in [3.05, 3.63) is 29.8 Å². The molecule has 3 heteroatoms. The van der Waals surface area contributed by atoms with Crippen LogP contribution in [0.25, 0.3) is 0 Å². The third-order valence-electron chi connectivity index (χ3n) is 1.63. The van der Waals surface area contributed by atoms with Crippen molar-refractivity contribution in [3.8, 4) is 6.07 Å². The number of hydrogen-bond donors (Lipinski definition) is 1. The van der Waals surface area contributed by atoms with Gasteiger partial charge in [0.15, 0.2) is 0 Å². The molecular weight excluding hydrogens is 167 g/mol. The molecule has 1 aromatic carbocycles. The number of rotatable bonds is 4. The zero-order valence-corrected chi connectivity index (χ0v) is 7.26. The van der Waals surface area contributed by atoms with Crippen LogP contribution >= 0.6 is 0 Å². The maximum absolute atomic E-state index is 11.8. The Morgan fingerprint density at radius 1 is 1.46 bits per heavy atom. The Balaban J connectivity index is 2.63. The Bertz CT molecular complexity index is 304.